The van der Waals surface area contributed by atoms with Crippen molar-refractivity contribution in [2.45, 2.75) is 13.8 Å². The Hall–Kier alpha value is -3.13. The summed E-state index contributed by atoms with van der Waals surface area (Å²) in [5, 5.41) is 5.59. The fourth-order valence-electron chi connectivity index (χ4n) is 2.10. The molecule has 0 aliphatic carbocycles. The highest BCUT2D eigenvalue weighted by molar-refractivity contribution is 7.13. The van der Waals surface area contributed by atoms with Gasteiger partial charge in [-0.1, -0.05) is 17.3 Å². The molecule has 3 rings (SSSR count). The molecule has 0 atom stereocenters. The number of nitrogens with zero attached hydrogens (tertiary/aromatic N) is 1. The van der Waals surface area contributed by atoms with Gasteiger partial charge in [0.1, 0.15) is 5.75 Å². The molecule has 0 fully saturated rings. The zero-order chi connectivity index (χ0) is 18.5. The quantitative estimate of drug-likeness (QED) is 0.673. The molecule has 0 saturated carbocycles. The second-order valence-electron chi connectivity index (χ2n) is 5.59. The lowest BCUT2D eigenvalue weighted by molar-refractivity contribution is -0.123. The largest absolute Gasteiger partial charge is 0.484 e. The number of hydrazine groups is 1. The van der Waals surface area contributed by atoms with Crippen LogP contribution in [0.3, 0.4) is 0 Å². The first-order valence-electron chi connectivity index (χ1n) is 7.83. The third kappa shape index (κ3) is 4.28. The highest BCUT2D eigenvalue weighted by Crippen LogP contribution is 2.25. The Morgan fingerprint density at radius 3 is 2.73 bits per heavy atom. The average Bonchev–Trinajstić information content (AvgIpc) is 3.31. The molecule has 1 aromatic carbocycles. The maximum atomic E-state index is 12.0. The molecule has 8 heteroatoms. The van der Waals surface area contributed by atoms with Gasteiger partial charge in [0.25, 0.3) is 11.8 Å². The van der Waals surface area contributed by atoms with Gasteiger partial charge in [-0.05, 0) is 48.6 Å². The SMILES string of the molecule is Cc1ccc(OCC(=O)NNC(=O)c2cc(-c3cccs3)on2)cc1C. The first-order valence-corrected chi connectivity index (χ1v) is 8.71. The van der Waals surface area contributed by atoms with Crippen molar-refractivity contribution in [2.24, 2.45) is 0 Å². The van der Waals surface area contributed by atoms with E-state index in [-0.39, 0.29) is 12.3 Å². The number of benzene rings is 1. The van der Waals surface area contributed by atoms with Crippen LogP contribution in [0, 0.1) is 13.8 Å². The minimum atomic E-state index is -0.573. The standard InChI is InChI=1S/C18H17N3O4S/c1-11-5-6-13(8-12(11)2)24-10-17(22)19-20-18(23)14-9-15(25-21-14)16-4-3-7-26-16/h3-9H,10H2,1-2H3,(H,19,22)(H,20,23). The van der Waals surface area contributed by atoms with Gasteiger partial charge in [0.15, 0.2) is 18.1 Å². The molecular weight excluding hydrogens is 354 g/mol. The van der Waals surface area contributed by atoms with E-state index >= 15 is 0 Å². The van der Waals surface area contributed by atoms with Crippen LogP contribution < -0.4 is 15.6 Å². The number of carbonyl (C=O) groups is 2. The Morgan fingerprint density at radius 2 is 2.00 bits per heavy atom. The highest BCUT2D eigenvalue weighted by atomic mass is 32.1. The predicted octanol–water partition coefficient (Wildman–Crippen LogP) is 2.86. The molecule has 0 spiro atoms. The van der Waals surface area contributed by atoms with E-state index in [0.29, 0.717) is 11.5 Å². The molecule has 2 heterocycles. The van der Waals surface area contributed by atoms with Crippen molar-refractivity contribution < 1.29 is 18.8 Å². The summed E-state index contributed by atoms with van der Waals surface area (Å²) in [7, 11) is 0. The van der Waals surface area contributed by atoms with Crippen LogP contribution in [-0.4, -0.2) is 23.6 Å². The van der Waals surface area contributed by atoms with Crippen LogP contribution in [0.2, 0.25) is 0 Å². The minimum absolute atomic E-state index is 0.0729. The van der Waals surface area contributed by atoms with Crippen LogP contribution in [0.15, 0.2) is 46.3 Å². The number of carbonyl (C=O) groups excluding carboxylic acids is 2. The molecular formula is C18H17N3O4S. The number of aryl methyl sites for hydroxylation is 2. The summed E-state index contributed by atoms with van der Waals surface area (Å²) < 4.78 is 10.5. The summed E-state index contributed by atoms with van der Waals surface area (Å²) in [6, 6.07) is 10.8. The van der Waals surface area contributed by atoms with E-state index in [9.17, 15) is 9.59 Å². The van der Waals surface area contributed by atoms with Crippen LogP contribution in [0.4, 0.5) is 0 Å². The smallest absolute Gasteiger partial charge is 0.291 e. The van der Waals surface area contributed by atoms with Gasteiger partial charge in [-0.3, -0.25) is 20.4 Å². The summed E-state index contributed by atoms with van der Waals surface area (Å²) in [6.45, 7) is 3.74. The van der Waals surface area contributed by atoms with Gasteiger partial charge in [0, 0.05) is 6.07 Å². The van der Waals surface area contributed by atoms with E-state index in [4.69, 9.17) is 9.26 Å². The van der Waals surface area contributed by atoms with E-state index < -0.39 is 11.8 Å². The van der Waals surface area contributed by atoms with Crippen molar-refractivity contribution in [3.63, 3.8) is 0 Å². The summed E-state index contributed by atoms with van der Waals surface area (Å²) in [5.74, 6) is 0.0239. The molecule has 0 radical (unpaired) electrons. The first-order chi connectivity index (χ1) is 12.5. The van der Waals surface area contributed by atoms with Crippen LogP contribution in [0.5, 0.6) is 5.75 Å². The first kappa shape index (κ1) is 17.7. The molecule has 7 nitrogen and oxygen atoms in total. The molecule has 134 valence electrons. The zero-order valence-corrected chi connectivity index (χ0v) is 15.1. The van der Waals surface area contributed by atoms with E-state index in [0.717, 1.165) is 16.0 Å². The number of ether oxygens (including phenoxy) is 1. The van der Waals surface area contributed by atoms with Gasteiger partial charge in [-0.15, -0.1) is 11.3 Å². The van der Waals surface area contributed by atoms with Crippen LogP contribution >= 0.6 is 11.3 Å². The second-order valence-corrected chi connectivity index (χ2v) is 6.54. The van der Waals surface area contributed by atoms with Crippen molar-refractivity contribution >= 4 is 23.2 Å². The van der Waals surface area contributed by atoms with Crippen LogP contribution in [-0.2, 0) is 4.79 Å². The number of thiophene rings is 1. The molecule has 0 aliphatic rings. The molecule has 2 amide bonds. The molecule has 26 heavy (non-hydrogen) atoms. The van der Waals surface area contributed by atoms with Gasteiger partial charge in [0.05, 0.1) is 4.88 Å². The lowest BCUT2D eigenvalue weighted by atomic mass is 10.1. The van der Waals surface area contributed by atoms with Crippen LogP contribution in [0.1, 0.15) is 21.6 Å². The third-order valence-corrected chi connectivity index (χ3v) is 4.55. The fourth-order valence-corrected chi connectivity index (χ4v) is 2.77. The third-order valence-electron chi connectivity index (χ3n) is 3.67. The molecule has 2 aromatic heterocycles. The van der Waals surface area contributed by atoms with Gasteiger partial charge >= 0.3 is 0 Å². The topological polar surface area (TPSA) is 93.5 Å². The number of amides is 2. The number of aromatic nitrogens is 1. The Kier molecular flexibility index (Phi) is 5.33. The van der Waals surface area contributed by atoms with E-state index in [1.807, 2.05) is 43.5 Å². The summed E-state index contributed by atoms with van der Waals surface area (Å²) in [4.78, 5) is 24.7. The van der Waals surface area contributed by atoms with Gasteiger partial charge < -0.3 is 9.26 Å². The Labute approximate surface area is 153 Å². The average molecular weight is 371 g/mol. The molecule has 0 bridgehead atoms. The van der Waals surface area contributed by atoms with Crippen molar-refractivity contribution in [3.05, 3.63) is 58.6 Å². The maximum Gasteiger partial charge on any atom is 0.291 e. The van der Waals surface area contributed by atoms with Crippen molar-refractivity contribution in [1.82, 2.24) is 16.0 Å². The molecule has 0 saturated heterocycles. The van der Waals surface area contributed by atoms with Crippen molar-refractivity contribution in [1.29, 1.82) is 0 Å². The summed E-state index contributed by atoms with van der Waals surface area (Å²) in [5.41, 5.74) is 6.84. The van der Waals surface area contributed by atoms with E-state index in [2.05, 4.69) is 16.0 Å². The second kappa shape index (κ2) is 7.83. The maximum absolute atomic E-state index is 12.0. The molecule has 0 aliphatic heterocycles. The number of rotatable bonds is 5. The van der Waals surface area contributed by atoms with E-state index in [1.165, 1.54) is 17.4 Å². The lowest BCUT2D eigenvalue weighted by Crippen LogP contribution is -2.43. The number of hydrogen-bond donors (Lipinski definition) is 2. The molecule has 3 aromatic rings. The van der Waals surface area contributed by atoms with Crippen molar-refractivity contribution in [2.75, 3.05) is 6.61 Å². The number of hydrogen-bond acceptors (Lipinski definition) is 6. The van der Waals surface area contributed by atoms with Gasteiger partial charge in [-0.25, -0.2) is 0 Å². The normalized spacial score (nSPS) is 10.4. The van der Waals surface area contributed by atoms with Gasteiger partial charge in [0.2, 0.25) is 0 Å². The van der Waals surface area contributed by atoms with Crippen LogP contribution in [0.25, 0.3) is 10.6 Å². The minimum Gasteiger partial charge on any atom is -0.484 e. The number of nitrogens with one attached hydrogen (secondary N) is 2. The Bertz CT molecular complexity index is 918. The molecule has 0 unspecified atom stereocenters. The monoisotopic (exact) mass is 371 g/mol. The predicted molar refractivity (Wildman–Crippen MR) is 96.8 cm³/mol. The Balaban J connectivity index is 1.48. The highest BCUT2D eigenvalue weighted by Gasteiger charge is 2.15. The summed E-state index contributed by atoms with van der Waals surface area (Å²) in [6.07, 6.45) is 0. The van der Waals surface area contributed by atoms with Gasteiger partial charge in [-0.2, -0.15) is 0 Å². The summed E-state index contributed by atoms with van der Waals surface area (Å²) >= 11 is 1.47. The Morgan fingerprint density at radius 1 is 1.15 bits per heavy atom. The fraction of sp³-hybridized carbons (Fsp3) is 0.167. The lowest BCUT2D eigenvalue weighted by Gasteiger charge is -2.09. The zero-order valence-electron chi connectivity index (χ0n) is 14.2. The van der Waals surface area contributed by atoms with E-state index in [1.54, 1.807) is 6.07 Å². The van der Waals surface area contributed by atoms with Crippen molar-refractivity contribution in [3.8, 4) is 16.4 Å². The molecule has 2 N–H and O–H groups in total.